The summed E-state index contributed by atoms with van der Waals surface area (Å²) in [5, 5.41) is 0.724. The molecule has 0 N–H and O–H groups in total. The molecule has 4 heteroatoms. The number of likely N-dealkylation sites (tertiary alicyclic amines) is 1. The van der Waals surface area contributed by atoms with Crippen LogP contribution in [0.1, 0.15) is 44.4 Å². The predicted molar refractivity (Wildman–Crippen MR) is 111 cm³/mol. The molecule has 0 radical (unpaired) electrons. The summed E-state index contributed by atoms with van der Waals surface area (Å²) in [6, 6.07) is 10.4. The Bertz CT molecular complexity index is 742. The number of aryl methyl sites for hydroxylation is 1. The molecule has 3 nitrogen and oxygen atoms in total. The lowest BCUT2D eigenvalue weighted by molar-refractivity contribution is 0.151. The molecule has 0 amide bonds. The highest BCUT2D eigenvalue weighted by Crippen LogP contribution is 2.44. The molecule has 0 bridgehead atoms. The van der Waals surface area contributed by atoms with Gasteiger partial charge in [0.2, 0.25) is 0 Å². The number of hydrogen-bond acceptors (Lipinski definition) is 4. The maximum absolute atomic E-state index is 5.10. The lowest BCUT2D eigenvalue weighted by atomic mass is 9.77. The number of nitrogens with zero attached hydrogens (tertiary/aromatic N) is 3. The number of hydrogen-bond donors (Lipinski definition) is 0. The number of thioether (sulfide) groups is 1. The molecular formula is C22H29N3S. The topological polar surface area (TPSA) is 29.0 Å². The lowest BCUT2D eigenvalue weighted by Gasteiger charge is -2.40. The first-order chi connectivity index (χ1) is 12.7. The quantitative estimate of drug-likeness (QED) is 0.774. The molecule has 26 heavy (non-hydrogen) atoms. The van der Waals surface area contributed by atoms with Crippen molar-refractivity contribution in [1.82, 2.24) is 14.9 Å². The van der Waals surface area contributed by atoms with Gasteiger partial charge in [-0.3, -0.25) is 0 Å². The first-order valence-corrected chi connectivity index (χ1v) is 11.0. The average molecular weight is 368 g/mol. The zero-order valence-electron chi connectivity index (χ0n) is 15.9. The van der Waals surface area contributed by atoms with Crippen molar-refractivity contribution in [2.75, 3.05) is 25.4 Å². The minimum Gasteiger partial charge on any atom is -0.302 e. The summed E-state index contributed by atoms with van der Waals surface area (Å²) in [5.74, 6) is 2.12. The second-order valence-electron chi connectivity index (χ2n) is 8.01. The van der Waals surface area contributed by atoms with Crippen LogP contribution in [-0.2, 0) is 11.8 Å². The normalized spacial score (nSPS) is 22.9. The Labute approximate surface area is 161 Å². The highest BCUT2D eigenvalue weighted by Gasteiger charge is 2.43. The zero-order chi connectivity index (χ0) is 18.0. The Morgan fingerprint density at radius 2 is 2.04 bits per heavy atom. The average Bonchev–Trinajstić information content (AvgIpc) is 3.00. The minimum atomic E-state index is 0.253. The van der Waals surface area contributed by atoms with Crippen LogP contribution in [-0.4, -0.2) is 45.5 Å². The van der Waals surface area contributed by atoms with Crippen molar-refractivity contribution in [3.63, 3.8) is 0 Å². The van der Waals surface area contributed by atoms with Gasteiger partial charge in [0.25, 0.3) is 0 Å². The molecule has 138 valence electrons. The van der Waals surface area contributed by atoms with E-state index in [9.17, 15) is 0 Å². The molecule has 2 heterocycles. The maximum Gasteiger partial charge on any atom is 0.159 e. The van der Waals surface area contributed by atoms with Gasteiger partial charge in [-0.2, -0.15) is 11.8 Å². The van der Waals surface area contributed by atoms with Gasteiger partial charge in [0.15, 0.2) is 5.82 Å². The molecular weight excluding hydrogens is 338 g/mol. The summed E-state index contributed by atoms with van der Waals surface area (Å²) in [5.41, 5.74) is 4.09. The van der Waals surface area contributed by atoms with E-state index in [1.165, 1.54) is 55.9 Å². The van der Waals surface area contributed by atoms with Gasteiger partial charge in [-0.1, -0.05) is 44.2 Å². The molecule has 1 atom stereocenters. The van der Waals surface area contributed by atoms with Gasteiger partial charge in [0, 0.05) is 36.0 Å². The Morgan fingerprint density at radius 3 is 2.85 bits per heavy atom. The van der Waals surface area contributed by atoms with E-state index < -0.39 is 0 Å². The van der Waals surface area contributed by atoms with E-state index in [0.717, 1.165) is 23.1 Å². The van der Waals surface area contributed by atoms with Gasteiger partial charge in [0.1, 0.15) is 0 Å². The molecule has 1 aromatic heterocycles. The number of fused-ring (bicyclic) bond motifs is 2. The summed E-state index contributed by atoms with van der Waals surface area (Å²) in [7, 11) is 0. The smallest absolute Gasteiger partial charge is 0.159 e. The molecule has 2 aliphatic rings. The third kappa shape index (κ3) is 3.67. The van der Waals surface area contributed by atoms with Crippen LogP contribution in [0.3, 0.4) is 0 Å². The van der Waals surface area contributed by atoms with Crippen LogP contribution < -0.4 is 0 Å². The molecule has 2 aromatic rings. The Kier molecular flexibility index (Phi) is 5.32. The van der Waals surface area contributed by atoms with Crippen LogP contribution in [0.2, 0.25) is 0 Å². The third-order valence-electron chi connectivity index (χ3n) is 5.79. The Morgan fingerprint density at radius 1 is 1.19 bits per heavy atom. The summed E-state index contributed by atoms with van der Waals surface area (Å²) in [6.45, 7) is 8.20. The Balaban J connectivity index is 1.55. The third-order valence-corrected chi connectivity index (χ3v) is 6.87. The van der Waals surface area contributed by atoms with Crippen molar-refractivity contribution in [3.05, 3.63) is 47.8 Å². The molecule has 1 aromatic carbocycles. The first-order valence-electron chi connectivity index (χ1n) is 9.92. The van der Waals surface area contributed by atoms with Crippen molar-refractivity contribution in [3.8, 4) is 11.4 Å². The van der Waals surface area contributed by atoms with Crippen LogP contribution in [0.5, 0.6) is 0 Å². The number of rotatable bonds is 5. The fourth-order valence-corrected chi connectivity index (χ4v) is 5.34. The SMILES string of the molecule is CC(C)SCCN1CCCC2(CCc3cnc(-c4ccccc4)nc32)C1. The van der Waals surface area contributed by atoms with Gasteiger partial charge >= 0.3 is 0 Å². The number of piperidine rings is 1. The molecule has 1 fully saturated rings. The van der Waals surface area contributed by atoms with Gasteiger partial charge in [0.05, 0.1) is 5.69 Å². The van der Waals surface area contributed by atoms with Crippen molar-refractivity contribution < 1.29 is 0 Å². The van der Waals surface area contributed by atoms with Crippen molar-refractivity contribution in [2.24, 2.45) is 0 Å². The van der Waals surface area contributed by atoms with Crippen LogP contribution >= 0.6 is 11.8 Å². The van der Waals surface area contributed by atoms with E-state index >= 15 is 0 Å². The van der Waals surface area contributed by atoms with Crippen LogP contribution in [0.4, 0.5) is 0 Å². The largest absolute Gasteiger partial charge is 0.302 e. The van der Waals surface area contributed by atoms with E-state index in [4.69, 9.17) is 4.98 Å². The van der Waals surface area contributed by atoms with Crippen molar-refractivity contribution in [2.45, 2.75) is 50.2 Å². The molecule has 1 unspecified atom stereocenters. The van der Waals surface area contributed by atoms with Crippen molar-refractivity contribution in [1.29, 1.82) is 0 Å². The summed E-state index contributed by atoms with van der Waals surface area (Å²) < 4.78 is 0. The maximum atomic E-state index is 5.10. The lowest BCUT2D eigenvalue weighted by Crippen LogP contribution is -2.46. The summed E-state index contributed by atoms with van der Waals surface area (Å²) >= 11 is 2.07. The van der Waals surface area contributed by atoms with Gasteiger partial charge in [-0.15, -0.1) is 0 Å². The summed E-state index contributed by atoms with van der Waals surface area (Å²) in [6.07, 6.45) is 7.03. The van der Waals surface area contributed by atoms with Crippen LogP contribution in [0.15, 0.2) is 36.5 Å². The van der Waals surface area contributed by atoms with Gasteiger partial charge < -0.3 is 4.90 Å². The van der Waals surface area contributed by atoms with Crippen molar-refractivity contribution >= 4 is 11.8 Å². The molecule has 1 spiro atoms. The highest BCUT2D eigenvalue weighted by atomic mass is 32.2. The number of benzene rings is 1. The van der Waals surface area contributed by atoms with E-state index in [-0.39, 0.29) is 5.41 Å². The molecule has 0 saturated carbocycles. The zero-order valence-corrected chi connectivity index (χ0v) is 16.8. The monoisotopic (exact) mass is 367 g/mol. The predicted octanol–water partition coefficient (Wildman–Crippen LogP) is 4.57. The molecule has 1 aliphatic heterocycles. The van der Waals surface area contributed by atoms with E-state index in [1.54, 1.807) is 0 Å². The first kappa shape index (κ1) is 18.0. The van der Waals surface area contributed by atoms with E-state index in [0.29, 0.717) is 0 Å². The van der Waals surface area contributed by atoms with E-state index in [2.05, 4.69) is 66.0 Å². The van der Waals surface area contributed by atoms with E-state index in [1.807, 2.05) is 6.07 Å². The van der Waals surface area contributed by atoms with Gasteiger partial charge in [-0.05, 0) is 43.0 Å². The standard InChI is InChI=1S/C22H29N3S/c1-17(2)26-14-13-25-12-6-10-22(16-25)11-9-19-15-23-21(24-20(19)22)18-7-4-3-5-8-18/h3-5,7-8,15,17H,6,9-14,16H2,1-2H3. The van der Waals surface area contributed by atoms with Crippen LogP contribution in [0, 0.1) is 0 Å². The number of aromatic nitrogens is 2. The second-order valence-corrected chi connectivity index (χ2v) is 9.70. The fourth-order valence-electron chi connectivity index (χ4n) is 4.50. The molecule has 1 saturated heterocycles. The summed E-state index contributed by atoms with van der Waals surface area (Å²) in [4.78, 5) is 12.4. The van der Waals surface area contributed by atoms with Crippen LogP contribution in [0.25, 0.3) is 11.4 Å². The minimum absolute atomic E-state index is 0.253. The molecule has 1 aliphatic carbocycles. The molecule has 4 rings (SSSR count). The second kappa shape index (κ2) is 7.69. The highest BCUT2D eigenvalue weighted by molar-refractivity contribution is 7.99. The Hall–Kier alpha value is -1.39. The van der Waals surface area contributed by atoms with Gasteiger partial charge in [-0.25, -0.2) is 9.97 Å². The fraction of sp³-hybridized carbons (Fsp3) is 0.545.